The van der Waals surface area contributed by atoms with Crippen molar-refractivity contribution in [3.05, 3.63) is 66.1 Å². The minimum atomic E-state index is -3.69. The molecule has 1 aliphatic carbocycles. The lowest BCUT2D eigenvalue weighted by atomic mass is 10.0. The van der Waals surface area contributed by atoms with Gasteiger partial charge >= 0.3 is 0 Å². The van der Waals surface area contributed by atoms with Crippen LogP contribution in [0.15, 0.2) is 63.9 Å². The fourth-order valence-corrected chi connectivity index (χ4v) is 4.16. The molecule has 0 saturated heterocycles. The number of aromatic nitrogens is 2. The number of nitrogens with zero attached hydrogens (tertiary/aromatic N) is 2. The summed E-state index contributed by atoms with van der Waals surface area (Å²) in [6.07, 6.45) is 0. The normalized spacial score (nSPS) is 21.5. The van der Waals surface area contributed by atoms with E-state index in [2.05, 4.69) is 24.0 Å². The van der Waals surface area contributed by atoms with Crippen LogP contribution in [0, 0.1) is 5.41 Å². The van der Waals surface area contributed by atoms with Gasteiger partial charge in [0.15, 0.2) is 0 Å². The first-order valence-electron chi connectivity index (χ1n) is 8.30. The van der Waals surface area contributed by atoms with E-state index >= 15 is 0 Å². The highest BCUT2D eigenvalue weighted by molar-refractivity contribution is 7.89. The number of primary sulfonamides is 1. The zero-order valence-electron chi connectivity index (χ0n) is 14.5. The number of rotatable bonds is 4. The highest BCUT2D eigenvalue weighted by atomic mass is 32.2. The Labute approximate surface area is 152 Å². The van der Waals surface area contributed by atoms with E-state index in [1.165, 1.54) is 0 Å². The molecule has 0 radical (unpaired) electrons. The van der Waals surface area contributed by atoms with Crippen LogP contribution in [0.25, 0.3) is 11.5 Å². The van der Waals surface area contributed by atoms with Gasteiger partial charge in [-0.2, -0.15) is 0 Å². The molecule has 26 heavy (non-hydrogen) atoms. The Morgan fingerprint density at radius 3 is 2.23 bits per heavy atom. The molecule has 2 aromatic carbocycles. The van der Waals surface area contributed by atoms with Crippen LogP contribution in [-0.2, 0) is 10.0 Å². The van der Waals surface area contributed by atoms with Gasteiger partial charge in [-0.3, -0.25) is 0 Å². The third-order valence-electron chi connectivity index (χ3n) is 5.12. The van der Waals surface area contributed by atoms with Gasteiger partial charge in [-0.1, -0.05) is 44.2 Å². The van der Waals surface area contributed by atoms with Crippen molar-refractivity contribution < 1.29 is 12.8 Å². The molecule has 7 heteroatoms. The van der Waals surface area contributed by atoms with E-state index in [9.17, 15) is 8.42 Å². The second-order valence-corrected chi connectivity index (χ2v) is 8.76. The van der Waals surface area contributed by atoms with E-state index in [0.29, 0.717) is 11.8 Å². The zero-order valence-corrected chi connectivity index (χ0v) is 15.3. The lowest BCUT2D eigenvalue weighted by Gasteiger charge is -2.04. The molecule has 1 fully saturated rings. The summed E-state index contributed by atoms with van der Waals surface area (Å²) in [6, 6.07) is 16.3. The molecule has 0 amide bonds. The van der Waals surface area contributed by atoms with Gasteiger partial charge in [0, 0.05) is 11.5 Å². The second-order valence-electron chi connectivity index (χ2n) is 7.20. The summed E-state index contributed by atoms with van der Waals surface area (Å²) >= 11 is 0. The van der Waals surface area contributed by atoms with E-state index < -0.39 is 10.0 Å². The lowest BCUT2D eigenvalue weighted by molar-refractivity contribution is 0.476. The van der Waals surface area contributed by atoms with E-state index in [1.54, 1.807) is 24.3 Å². The molecule has 134 valence electrons. The van der Waals surface area contributed by atoms with Crippen LogP contribution in [0.3, 0.4) is 0 Å². The average molecular weight is 369 g/mol. The topological polar surface area (TPSA) is 99.1 Å². The quantitative estimate of drug-likeness (QED) is 0.761. The number of sulfonamides is 1. The summed E-state index contributed by atoms with van der Waals surface area (Å²) in [5.74, 6) is 1.38. The molecule has 0 aliphatic heterocycles. The SMILES string of the molecule is CC1(C)[C@@H](c2ccc(S(N)(=O)=O)cc2)[C@@H]1c1nnc(-c2ccccc2)o1. The van der Waals surface area contributed by atoms with E-state index in [-0.39, 0.29) is 22.1 Å². The standard InChI is InChI=1S/C19H19N3O3S/c1-19(2)15(12-8-10-14(11-9-12)26(20,23)24)16(19)18-22-21-17(25-18)13-6-4-3-5-7-13/h3-11,15-16H,1-2H3,(H2,20,23,24)/t15-,16+/m0/s1. The Balaban J connectivity index is 1.62. The molecule has 1 saturated carbocycles. The maximum absolute atomic E-state index is 11.4. The van der Waals surface area contributed by atoms with Crippen LogP contribution in [-0.4, -0.2) is 18.6 Å². The monoisotopic (exact) mass is 369 g/mol. The molecule has 6 nitrogen and oxygen atoms in total. The van der Waals surface area contributed by atoms with Crippen LogP contribution in [0.2, 0.25) is 0 Å². The van der Waals surface area contributed by atoms with Crippen LogP contribution >= 0.6 is 0 Å². The van der Waals surface area contributed by atoms with Gasteiger partial charge in [0.2, 0.25) is 21.8 Å². The lowest BCUT2D eigenvalue weighted by Crippen LogP contribution is -2.11. The molecule has 1 aromatic heterocycles. The number of hydrogen-bond acceptors (Lipinski definition) is 5. The van der Waals surface area contributed by atoms with Crippen LogP contribution in [0.1, 0.15) is 37.1 Å². The van der Waals surface area contributed by atoms with Crippen molar-refractivity contribution in [1.29, 1.82) is 0 Å². The van der Waals surface area contributed by atoms with Gasteiger partial charge in [0.1, 0.15) is 0 Å². The second kappa shape index (κ2) is 5.75. The minimum absolute atomic E-state index is 0.0520. The van der Waals surface area contributed by atoms with Gasteiger partial charge in [-0.15, -0.1) is 10.2 Å². The number of hydrogen-bond donors (Lipinski definition) is 1. The van der Waals surface area contributed by atoms with Crippen molar-refractivity contribution in [2.75, 3.05) is 0 Å². The van der Waals surface area contributed by atoms with Crippen molar-refractivity contribution in [2.24, 2.45) is 10.6 Å². The van der Waals surface area contributed by atoms with Crippen LogP contribution in [0.4, 0.5) is 0 Å². The molecule has 0 unspecified atom stereocenters. The Morgan fingerprint density at radius 2 is 1.62 bits per heavy atom. The summed E-state index contributed by atoms with van der Waals surface area (Å²) in [7, 11) is -3.69. The summed E-state index contributed by atoms with van der Waals surface area (Å²) in [6.45, 7) is 4.28. The minimum Gasteiger partial charge on any atom is -0.420 e. The van der Waals surface area contributed by atoms with Crippen molar-refractivity contribution in [3.63, 3.8) is 0 Å². The van der Waals surface area contributed by atoms with Crippen molar-refractivity contribution in [1.82, 2.24) is 10.2 Å². The first kappa shape index (κ1) is 16.9. The highest BCUT2D eigenvalue weighted by Gasteiger charge is 2.61. The predicted octanol–water partition coefficient (Wildman–Crippen LogP) is 3.29. The third kappa shape index (κ3) is 2.83. The van der Waals surface area contributed by atoms with Crippen molar-refractivity contribution >= 4 is 10.0 Å². The molecule has 0 bridgehead atoms. The molecule has 1 heterocycles. The first-order chi connectivity index (χ1) is 12.3. The van der Waals surface area contributed by atoms with Gasteiger partial charge in [-0.05, 0) is 35.2 Å². The number of nitrogens with two attached hydrogens (primary N) is 1. The number of benzene rings is 2. The van der Waals surface area contributed by atoms with E-state index in [0.717, 1.165) is 11.1 Å². The molecule has 4 rings (SSSR count). The van der Waals surface area contributed by atoms with Gasteiger partial charge in [0.05, 0.1) is 10.8 Å². The summed E-state index contributed by atoms with van der Waals surface area (Å²) < 4.78 is 28.8. The van der Waals surface area contributed by atoms with E-state index in [1.807, 2.05) is 30.3 Å². The molecule has 1 aliphatic rings. The first-order valence-corrected chi connectivity index (χ1v) is 9.85. The zero-order chi connectivity index (χ0) is 18.5. The van der Waals surface area contributed by atoms with Crippen LogP contribution in [0.5, 0.6) is 0 Å². The molecule has 2 N–H and O–H groups in total. The Kier molecular flexibility index (Phi) is 3.75. The van der Waals surface area contributed by atoms with Gasteiger partial charge in [-0.25, -0.2) is 13.6 Å². The Hall–Kier alpha value is -2.51. The van der Waals surface area contributed by atoms with Crippen molar-refractivity contribution in [3.8, 4) is 11.5 Å². The Morgan fingerprint density at radius 1 is 0.962 bits per heavy atom. The summed E-state index contributed by atoms with van der Waals surface area (Å²) in [4.78, 5) is 0.111. The third-order valence-corrected chi connectivity index (χ3v) is 6.05. The molecule has 2 atom stereocenters. The predicted molar refractivity (Wildman–Crippen MR) is 96.8 cm³/mol. The fourth-order valence-electron chi connectivity index (χ4n) is 3.64. The smallest absolute Gasteiger partial charge is 0.247 e. The largest absolute Gasteiger partial charge is 0.420 e. The fraction of sp³-hybridized carbons (Fsp3) is 0.263. The summed E-state index contributed by atoms with van der Waals surface area (Å²) in [5, 5.41) is 13.6. The molecule has 3 aromatic rings. The highest BCUT2D eigenvalue weighted by Crippen LogP contribution is 2.69. The van der Waals surface area contributed by atoms with Gasteiger partial charge < -0.3 is 4.42 Å². The maximum atomic E-state index is 11.4. The summed E-state index contributed by atoms with van der Waals surface area (Å²) in [5.41, 5.74) is 1.87. The molecular formula is C19H19N3O3S. The molecule has 0 spiro atoms. The molecular weight excluding hydrogens is 350 g/mol. The van der Waals surface area contributed by atoms with Gasteiger partial charge in [0.25, 0.3) is 0 Å². The van der Waals surface area contributed by atoms with Crippen molar-refractivity contribution in [2.45, 2.75) is 30.6 Å². The Bertz CT molecular complexity index is 1040. The average Bonchev–Trinajstić information content (AvgIpc) is 2.95. The maximum Gasteiger partial charge on any atom is 0.247 e. The van der Waals surface area contributed by atoms with E-state index in [4.69, 9.17) is 9.56 Å². The van der Waals surface area contributed by atoms with Crippen LogP contribution < -0.4 is 5.14 Å².